The topological polar surface area (TPSA) is 88.1 Å². The number of fused-ring (bicyclic) bond motifs is 1. The molecule has 0 aliphatic carbocycles. The van der Waals surface area contributed by atoms with Gasteiger partial charge in [-0.05, 0) is 70.9 Å². The molecule has 0 saturated carbocycles. The van der Waals surface area contributed by atoms with Crippen molar-refractivity contribution in [2.75, 3.05) is 14.2 Å². The number of benzene rings is 2. The van der Waals surface area contributed by atoms with E-state index >= 15 is 0 Å². The van der Waals surface area contributed by atoms with Crippen LogP contribution in [-0.2, 0) is 0 Å². The zero-order valence-electron chi connectivity index (χ0n) is 16.9. The molecule has 4 rings (SSSR count). The van der Waals surface area contributed by atoms with Crippen LogP contribution in [0, 0.1) is 6.92 Å². The van der Waals surface area contributed by atoms with Crippen LogP contribution in [0.1, 0.15) is 16.1 Å². The fourth-order valence-corrected chi connectivity index (χ4v) is 3.42. The summed E-state index contributed by atoms with van der Waals surface area (Å²) in [6.07, 6.45) is 0. The van der Waals surface area contributed by atoms with Gasteiger partial charge < -0.3 is 23.0 Å². The third-order valence-electron chi connectivity index (χ3n) is 4.62. The van der Waals surface area contributed by atoms with Crippen LogP contribution in [0.4, 0.5) is 0 Å². The summed E-state index contributed by atoms with van der Waals surface area (Å²) in [5, 5.41) is 0.290. The van der Waals surface area contributed by atoms with Crippen LogP contribution in [0.2, 0.25) is 0 Å². The summed E-state index contributed by atoms with van der Waals surface area (Å²) in [7, 11) is 3.02. The lowest BCUT2D eigenvalue weighted by Crippen LogP contribution is -2.16. The Balaban J connectivity index is 1.93. The van der Waals surface area contributed by atoms with Crippen molar-refractivity contribution in [3.8, 4) is 28.6 Å². The third kappa shape index (κ3) is 3.94. The highest BCUT2D eigenvalue weighted by Gasteiger charge is 2.23. The zero-order chi connectivity index (χ0) is 22.1. The molecule has 2 aromatic heterocycles. The summed E-state index contributed by atoms with van der Waals surface area (Å²) in [5.74, 6) is -0.118. The Morgan fingerprint density at radius 1 is 0.935 bits per heavy atom. The predicted molar refractivity (Wildman–Crippen MR) is 117 cm³/mol. The van der Waals surface area contributed by atoms with E-state index < -0.39 is 11.4 Å². The highest BCUT2D eigenvalue weighted by atomic mass is 79.9. The number of esters is 1. The van der Waals surface area contributed by atoms with E-state index in [0.717, 1.165) is 5.56 Å². The van der Waals surface area contributed by atoms with Crippen molar-refractivity contribution in [3.63, 3.8) is 0 Å². The second-order valence-electron chi connectivity index (χ2n) is 6.65. The number of rotatable bonds is 5. The normalized spacial score (nSPS) is 10.8. The summed E-state index contributed by atoms with van der Waals surface area (Å²) >= 11 is 3.14. The van der Waals surface area contributed by atoms with Crippen molar-refractivity contribution in [2.24, 2.45) is 0 Å². The molecule has 0 fully saturated rings. The van der Waals surface area contributed by atoms with E-state index in [9.17, 15) is 9.59 Å². The first-order chi connectivity index (χ1) is 14.9. The molecule has 2 heterocycles. The van der Waals surface area contributed by atoms with E-state index in [-0.39, 0.29) is 17.3 Å². The summed E-state index contributed by atoms with van der Waals surface area (Å²) in [5.41, 5.74) is 1.28. The first kappa shape index (κ1) is 20.7. The average Bonchev–Trinajstić information content (AvgIpc) is 3.21. The number of aryl methyl sites for hydroxylation is 1. The molecular formula is C23H17BrO7. The van der Waals surface area contributed by atoms with Gasteiger partial charge in [0, 0.05) is 5.56 Å². The van der Waals surface area contributed by atoms with E-state index in [1.54, 1.807) is 42.5 Å². The van der Waals surface area contributed by atoms with Gasteiger partial charge in [0.1, 0.15) is 5.58 Å². The van der Waals surface area contributed by atoms with E-state index in [1.165, 1.54) is 20.3 Å². The van der Waals surface area contributed by atoms with Crippen LogP contribution in [0.25, 0.3) is 22.3 Å². The van der Waals surface area contributed by atoms with Gasteiger partial charge in [-0.15, -0.1) is 0 Å². The van der Waals surface area contributed by atoms with Gasteiger partial charge in [-0.2, -0.15) is 0 Å². The standard InChI is InChI=1S/C23H17BrO7/c1-12-4-6-14-17(10-12)30-21(13-5-7-15(27-2)18(11-13)28-3)22(20(14)25)31-23(26)16-8-9-19(24)29-16/h4-11H,1-3H3. The fraction of sp³-hybridized carbons (Fsp3) is 0.130. The number of halogens is 1. The molecule has 0 spiro atoms. The second-order valence-corrected chi connectivity index (χ2v) is 7.43. The number of carbonyl (C=O) groups is 1. The number of furan rings is 1. The summed E-state index contributed by atoms with van der Waals surface area (Å²) in [6.45, 7) is 1.89. The summed E-state index contributed by atoms with van der Waals surface area (Å²) < 4.78 is 27.7. The molecule has 7 nitrogen and oxygen atoms in total. The molecule has 0 aliphatic heterocycles. The lowest BCUT2D eigenvalue weighted by Gasteiger charge is -2.12. The summed E-state index contributed by atoms with van der Waals surface area (Å²) in [6, 6.07) is 13.1. The highest BCUT2D eigenvalue weighted by molar-refractivity contribution is 9.10. The molecule has 0 atom stereocenters. The van der Waals surface area contributed by atoms with E-state index in [1.807, 2.05) is 6.92 Å². The lowest BCUT2D eigenvalue weighted by atomic mass is 10.1. The monoisotopic (exact) mass is 484 g/mol. The van der Waals surface area contributed by atoms with Crippen molar-refractivity contribution < 1.29 is 27.8 Å². The van der Waals surface area contributed by atoms with Crippen LogP contribution in [0.3, 0.4) is 0 Å². The maximum Gasteiger partial charge on any atom is 0.379 e. The van der Waals surface area contributed by atoms with Crippen LogP contribution >= 0.6 is 15.9 Å². The minimum Gasteiger partial charge on any atom is -0.493 e. The minimum absolute atomic E-state index is 0.0615. The van der Waals surface area contributed by atoms with Gasteiger partial charge in [-0.3, -0.25) is 4.79 Å². The summed E-state index contributed by atoms with van der Waals surface area (Å²) in [4.78, 5) is 25.9. The Bertz CT molecular complexity index is 1350. The SMILES string of the molecule is COc1ccc(-c2oc3cc(C)ccc3c(=O)c2OC(=O)c2ccc(Br)o2)cc1OC. The molecule has 0 saturated heterocycles. The van der Waals surface area contributed by atoms with Crippen molar-refractivity contribution in [1.29, 1.82) is 0 Å². The van der Waals surface area contributed by atoms with Gasteiger partial charge >= 0.3 is 5.97 Å². The molecule has 0 unspecified atom stereocenters. The smallest absolute Gasteiger partial charge is 0.379 e. The number of methoxy groups -OCH3 is 2. The van der Waals surface area contributed by atoms with Gasteiger partial charge in [-0.1, -0.05) is 6.07 Å². The Morgan fingerprint density at radius 2 is 1.71 bits per heavy atom. The molecule has 8 heteroatoms. The second kappa shape index (κ2) is 8.31. The first-order valence-corrected chi connectivity index (χ1v) is 9.98. The first-order valence-electron chi connectivity index (χ1n) is 9.18. The van der Waals surface area contributed by atoms with Crippen molar-refractivity contribution in [2.45, 2.75) is 6.92 Å². The molecule has 0 amide bonds. The number of hydrogen-bond donors (Lipinski definition) is 0. The minimum atomic E-state index is -0.828. The number of carbonyl (C=O) groups excluding carboxylic acids is 1. The van der Waals surface area contributed by atoms with Gasteiger partial charge in [0.05, 0.1) is 19.6 Å². The third-order valence-corrected chi connectivity index (χ3v) is 5.05. The molecule has 4 aromatic rings. The average molecular weight is 485 g/mol. The predicted octanol–water partition coefficient (Wildman–Crippen LogP) is 5.36. The molecule has 0 N–H and O–H groups in total. The van der Waals surface area contributed by atoms with Gasteiger partial charge in [-0.25, -0.2) is 4.79 Å². The van der Waals surface area contributed by atoms with Crippen molar-refractivity contribution >= 4 is 32.9 Å². The molecule has 0 radical (unpaired) electrons. The van der Waals surface area contributed by atoms with Gasteiger partial charge in [0.2, 0.25) is 16.9 Å². The largest absolute Gasteiger partial charge is 0.493 e. The number of ether oxygens (including phenoxy) is 3. The Morgan fingerprint density at radius 3 is 2.39 bits per heavy atom. The van der Waals surface area contributed by atoms with E-state index in [4.69, 9.17) is 23.0 Å². The Kier molecular flexibility index (Phi) is 5.56. The maximum absolute atomic E-state index is 13.3. The molecular weight excluding hydrogens is 468 g/mol. The van der Waals surface area contributed by atoms with Gasteiger partial charge in [0.25, 0.3) is 0 Å². The van der Waals surface area contributed by atoms with E-state index in [2.05, 4.69) is 15.9 Å². The molecule has 2 aromatic carbocycles. The van der Waals surface area contributed by atoms with Crippen LogP contribution in [0.15, 0.2) is 66.8 Å². The van der Waals surface area contributed by atoms with Crippen molar-refractivity contribution in [3.05, 3.63) is 74.7 Å². The maximum atomic E-state index is 13.3. The molecule has 158 valence electrons. The number of hydrogen-bond acceptors (Lipinski definition) is 7. The lowest BCUT2D eigenvalue weighted by molar-refractivity contribution is 0.0696. The van der Waals surface area contributed by atoms with Gasteiger partial charge in [0.15, 0.2) is 21.9 Å². The molecule has 31 heavy (non-hydrogen) atoms. The quantitative estimate of drug-likeness (QED) is 0.352. The van der Waals surface area contributed by atoms with E-state index in [0.29, 0.717) is 32.7 Å². The molecule has 0 bridgehead atoms. The highest BCUT2D eigenvalue weighted by Crippen LogP contribution is 2.37. The van der Waals surface area contributed by atoms with Crippen LogP contribution in [-0.4, -0.2) is 20.2 Å². The van der Waals surface area contributed by atoms with Crippen LogP contribution < -0.4 is 19.6 Å². The Hall–Kier alpha value is -3.52. The van der Waals surface area contributed by atoms with Crippen molar-refractivity contribution in [1.82, 2.24) is 0 Å². The van der Waals surface area contributed by atoms with Crippen LogP contribution in [0.5, 0.6) is 17.2 Å². The zero-order valence-corrected chi connectivity index (χ0v) is 18.4. The fourth-order valence-electron chi connectivity index (χ4n) is 3.11. The Labute approximate surface area is 185 Å². The molecule has 0 aliphatic rings.